The van der Waals surface area contributed by atoms with E-state index in [4.69, 9.17) is 0 Å². The van der Waals surface area contributed by atoms with Crippen molar-refractivity contribution in [3.05, 3.63) is 22.4 Å². The molecule has 20 heavy (non-hydrogen) atoms. The number of carbonyl (C=O) groups excluding carboxylic acids is 2. The summed E-state index contributed by atoms with van der Waals surface area (Å²) in [5.41, 5.74) is 0. The number of carbonyl (C=O) groups is 2. The highest BCUT2D eigenvalue weighted by molar-refractivity contribution is 7.12. The summed E-state index contributed by atoms with van der Waals surface area (Å²) in [5, 5.41) is 5.07. The molecule has 1 saturated heterocycles. The molecule has 108 valence electrons. The summed E-state index contributed by atoms with van der Waals surface area (Å²) in [7, 11) is 0. The van der Waals surface area contributed by atoms with Gasteiger partial charge in [0.1, 0.15) is 0 Å². The molecule has 1 aromatic rings. The van der Waals surface area contributed by atoms with Crippen molar-refractivity contribution >= 4 is 23.2 Å². The highest BCUT2D eigenvalue weighted by Gasteiger charge is 2.29. The molecule has 1 aliphatic heterocycles. The monoisotopic (exact) mass is 292 g/mol. The summed E-state index contributed by atoms with van der Waals surface area (Å²) >= 11 is 1.49. The van der Waals surface area contributed by atoms with Gasteiger partial charge in [0.05, 0.1) is 4.88 Å². The molecule has 1 aliphatic carbocycles. The van der Waals surface area contributed by atoms with E-state index in [0.717, 1.165) is 43.6 Å². The third kappa shape index (κ3) is 2.87. The van der Waals surface area contributed by atoms with Crippen molar-refractivity contribution in [1.29, 1.82) is 0 Å². The average molecular weight is 292 g/mol. The Kier molecular flexibility index (Phi) is 4.05. The molecule has 1 saturated carbocycles. The molecular formula is C15H20N2O2S. The number of thiophene rings is 1. The molecule has 0 atom stereocenters. The molecule has 2 fully saturated rings. The Morgan fingerprint density at radius 1 is 1.20 bits per heavy atom. The molecule has 4 nitrogen and oxygen atoms in total. The van der Waals surface area contributed by atoms with Crippen molar-refractivity contribution in [2.45, 2.75) is 38.1 Å². The fourth-order valence-electron chi connectivity index (χ4n) is 2.77. The maximum atomic E-state index is 12.2. The number of hydrogen-bond acceptors (Lipinski definition) is 3. The van der Waals surface area contributed by atoms with E-state index in [1.165, 1.54) is 17.8 Å². The Bertz CT molecular complexity index is 474. The van der Waals surface area contributed by atoms with Crippen LogP contribution in [0.5, 0.6) is 0 Å². The molecule has 1 N–H and O–H groups in total. The lowest BCUT2D eigenvalue weighted by molar-refractivity contribution is -0.128. The van der Waals surface area contributed by atoms with Crippen LogP contribution in [-0.4, -0.2) is 35.8 Å². The number of nitrogens with zero attached hydrogens (tertiary/aromatic N) is 1. The average Bonchev–Trinajstić information content (AvgIpc) is 2.90. The Hall–Kier alpha value is -1.36. The van der Waals surface area contributed by atoms with Crippen LogP contribution in [0.25, 0.3) is 0 Å². The summed E-state index contributed by atoms with van der Waals surface area (Å²) in [6.07, 6.45) is 5.01. The highest BCUT2D eigenvalue weighted by Crippen LogP contribution is 2.27. The molecule has 2 heterocycles. The number of nitrogens with one attached hydrogen (secondary N) is 1. The first kappa shape index (κ1) is 13.6. The zero-order chi connectivity index (χ0) is 13.9. The van der Waals surface area contributed by atoms with Crippen LogP contribution in [0.1, 0.15) is 41.8 Å². The lowest BCUT2D eigenvalue weighted by Crippen LogP contribution is -2.48. The van der Waals surface area contributed by atoms with Gasteiger partial charge >= 0.3 is 0 Å². The quantitative estimate of drug-likeness (QED) is 0.929. The third-order valence-corrected chi connectivity index (χ3v) is 5.19. The van der Waals surface area contributed by atoms with E-state index >= 15 is 0 Å². The SMILES string of the molecule is O=C(NC1CCN(C(=O)c2cccs2)CC1)C1CCC1. The first-order valence-corrected chi connectivity index (χ1v) is 8.25. The highest BCUT2D eigenvalue weighted by atomic mass is 32.1. The van der Waals surface area contributed by atoms with Gasteiger partial charge < -0.3 is 10.2 Å². The van der Waals surface area contributed by atoms with Crippen LogP contribution < -0.4 is 5.32 Å². The minimum absolute atomic E-state index is 0.128. The number of hydrogen-bond donors (Lipinski definition) is 1. The Balaban J connectivity index is 1.47. The second kappa shape index (κ2) is 5.95. The van der Waals surface area contributed by atoms with Crippen LogP contribution in [0.4, 0.5) is 0 Å². The van der Waals surface area contributed by atoms with Gasteiger partial charge in [-0.25, -0.2) is 0 Å². The van der Waals surface area contributed by atoms with Gasteiger partial charge in [0, 0.05) is 25.0 Å². The van der Waals surface area contributed by atoms with E-state index in [2.05, 4.69) is 5.32 Å². The number of amides is 2. The molecule has 0 spiro atoms. The van der Waals surface area contributed by atoms with Crippen molar-refractivity contribution in [3.63, 3.8) is 0 Å². The standard InChI is InChI=1S/C15H20N2O2S/c18-14(11-3-1-4-11)16-12-6-8-17(9-7-12)15(19)13-5-2-10-20-13/h2,5,10-12H,1,3-4,6-9H2,(H,16,18). The molecule has 2 amide bonds. The molecule has 5 heteroatoms. The van der Waals surface area contributed by atoms with Gasteiger partial charge in [-0.05, 0) is 37.1 Å². The van der Waals surface area contributed by atoms with Crippen LogP contribution in [0.2, 0.25) is 0 Å². The van der Waals surface area contributed by atoms with Crippen molar-refractivity contribution in [3.8, 4) is 0 Å². The molecule has 1 aromatic heterocycles. The van der Waals surface area contributed by atoms with Gasteiger partial charge in [-0.15, -0.1) is 11.3 Å². The summed E-state index contributed by atoms with van der Waals surface area (Å²) in [4.78, 5) is 26.8. The van der Waals surface area contributed by atoms with Gasteiger partial charge in [-0.1, -0.05) is 12.5 Å². The molecule has 0 aromatic carbocycles. The van der Waals surface area contributed by atoms with Crippen molar-refractivity contribution in [2.75, 3.05) is 13.1 Å². The van der Waals surface area contributed by atoms with Crippen LogP contribution in [0.15, 0.2) is 17.5 Å². The van der Waals surface area contributed by atoms with Crippen LogP contribution >= 0.6 is 11.3 Å². The Labute approximate surface area is 123 Å². The van der Waals surface area contributed by atoms with Gasteiger partial charge in [0.25, 0.3) is 5.91 Å². The first-order chi connectivity index (χ1) is 9.74. The predicted molar refractivity (Wildman–Crippen MR) is 78.7 cm³/mol. The molecule has 0 bridgehead atoms. The number of rotatable bonds is 3. The zero-order valence-corrected chi connectivity index (χ0v) is 12.3. The van der Waals surface area contributed by atoms with Gasteiger partial charge in [0.2, 0.25) is 5.91 Å². The van der Waals surface area contributed by atoms with E-state index in [-0.39, 0.29) is 23.8 Å². The van der Waals surface area contributed by atoms with Crippen molar-refractivity contribution in [1.82, 2.24) is 10.2 Å². The lowest BCUT2D eigenvalue weighted by atomic mass is 9.84. The summed E-state index contributed by atoms with van der Waals surface area (Å²) < 4.78 is 0. The fraction of sp³-hybridized carbons (Fsp3) is 0.600. The topological polar surface area (TPSA) is 49.4 Å². The Morgan fingerprint density at radius 2 is 1.95 bits per heavy atom. The van der Waals surface area contributed by atoms with E-state index in [9.17, 15) is 9.59 Å². The summed E-state index contributed by atoms with van der Waals surface area (Å²) in [6.45, 7) is 1.48. The number of likely N-dealkylation sites (tertiary alicyclic amines) is 1. The summed E-state index contributed by atoms with van der Waals surface area (Å²) in [5.74, 6) is 0.601. The molecule has 0 unspecified atom stereocenters. The smallest absolute Gasteiger partial charge is 0.263 e. The number of piperidine rings is 1. The fourth-order valence-corrected chi connectivity index (χ4v) is 3.46. The van der Waals surface area contributed by atoms with E-state index < -0.39 is 0 Å². The van der Waals surface area contributed by atoms with E-state index in [0.29, 0.717) is 0 Å². The van der Waals surface area contributed by atoms with Gasteiger partial charge in [-0.3, -0.25) is 9.59 Å². The largest absolute Gasteiger partial charge is 0.353 e. The van der Waals surface area contributed by atoms with E-state index in [1.807, 2.05) is 22.4 Å². The maximum absolute atomic E-state index is 12.2. The van der Waals surface area contributed by atoms with Crippen LogP contribution in [-0.2, 0) is 4.79 Å². The van der Waals surface area contributed by atoms with Crippen molar-refractivity contribution in [2.24, 2.45) is 5.92 Å². The summed E-state index contributed by atoms with van der Waals surface area (Å²) in [6, 6.07) is 4.02. The molecule has 3 rings (SSSR count). The zero-order valence-electron chi connectivity index (χ0n) is 11.5. The van der Waals surface area contributed by atoms with Gasteiger partial charge in [0.15, 0.2) is 0 Å². The normalized spacial score (nSPS) is 20.5. The van der Waals surface area contributed by atoms with Crippen LogP contribution in [0, 0.1) is 5.92 Å². The molecular weight excluding hydrogens is 272 g/mol. The van der Waals surface area contributed by atoms with Crippen LogP contribution in [0.3, 0.4) is 0 Å². The Morgan fingerprint density at radius 3 is 2.50 bits per heavy atom. The maximum Gasteiger partial charge on any atom is 0.263 e. The second-order valence-corrected chi connectivity index (χ2v) is 6.63. The third-order valence-electron chi connectivity index (χ3n) is 4.34. The first-order valence-electron chi connectivity index (χ1n) is 7.37. The molecule has 2 aliphatic rings. The van der Waals surface area contributed by atoms with E-state index in [1.54, 1.807) is 0 Å². The van der Waals surface area contributed by atoms with Crippen molar-refractivity contribution < 1.29 is 9.59 Å². The predicted octanol–water partition coefficient (Wildman–Crippen LogP) is 2.27. The minimum atomic E-state index is 0.128. The lowest BCUT2D eigenvalue weighted by Gasteiger charge is -2.34. The van der Waals surface area contributed by atoms with Gasteiger partial charge in [-0.2, -0.15) is 0 Å². The second-order valence-electron chi connectivity index (χ2n) is 5.68. The molecule has 0 radical (unpaired) electrons. The minimum Gasteiger partial charge on any atom is -0.353 e.